The lowest BCUT2D eigenvalue weighted by Gasteiger charge is -2.39. The lowest BCUT2D eigenvalue weighted by Crippen LogP contribution is -2.55. The third kappa shape index (κ3) is 3.96. The van der Waals surface area contributed by atoms with Gasteiger partial charge in [0, 0.05) is 38.4 Å². The van der Waals surface area contributed by atoms with E-state index in [1.165, 1.54) is 6.26 Å². The summed E-state index contributed by atoms with van der Waals surface area (Å²) in [6.45, 7) is 2.69. The minimum absolute atomic E-state index is 0.0342. The lowest BCUT2D eigenvalue weighted by molar-refractivity contribution is -0.126. The molecule has 1 amide bonds. The number of hydrogen-bond donors (Lipinski definition) is 1. The topological polar surface area (TPSA) is 82.6 Å². The van der Waals surface area contributed by atoms with E-state index < -0.39 is 10.0 Å². The molecule has 1 aliphatic carbocycles. The first-order chi connectivity index (χ1) is 12.9. The zero-order valence-corrected chi connectivity index (χ0v) is 16.6. The Bertz CT molecular complexity index is 771. The van der Waals surface area contributed by atoms with E-state index in [1.54, 1.807) is 10.5 Å². The van der Waals surface area contributed by atoms with Gasteiger partial charge in [0.15, 0.2) is 0 Å². The highest BCUT2D eigenvalue weighted by Crippen LogP contribution is 2.38. The number of nitrogens with one attached hydrogen (secondary N) is 1. The van der Waals surface area contributed by atoms with Gasteiger partial charge in [0.25, 0.3) is 0 Å². The Morgan fingerprint density at radius 2 is 1.89 bits per heavy atom. The Kier molecular flexibility index (Phi) is 5.11. The van der Waals surface area contributed by atoms with E-state index in [0.717, 1.165) is 38.0 Å². The smallest absolute Gasteiger partial charge is 0.225 e. The molecule has 2 saturated heterocycles. The van der Waals surface area contributed by atoms with E-state index in [9.17, 15) is 13.2 Å². The van der Waals surface area contributed by atoms with Crippen LogP contribution in [0.25, 0.3) is 0 Å². The SMILES string of the molecule is CS(=O)(=O)N1C[C@H]2CC[C@@H](C1)C2NC(=O)C1CCCN(c2ccccn2)C1. The molecule has 1 aromatic rings. The highest BCUT2D eigenvalue weighted by molar-refractivity contribution is 7.88. The monoisotopic (exact) mass is 392 g/mol. The van der Waals surface area contributed by atoms with Crippen molar-refractivity contribution < 1.29 is 13.2 Å². The molecule has 1 aromatic heterocycles. The summed E-state index contributed by atoms with van der Waals surface area (Å²) in [5, 5.41) is 3.29. The number of carbonyl (C=O) groups excluding carboxylic acids is 1. The second-order valence-corrected chi connectivity index (χ2v) is 10.2. The van der Waals surface area contributed by atoms with Gasteiger partial charge in [0.2, 0.25) is 15.9 Å². The van der Waals surface area contributed by atoms with Crippen LogP contribution in [0.15, 0.2) is 24.4 Å². The van der Waals surface area contributed by atoms with E-state index in [2.05, 4.69) is 15.2 Å². The first kappa shape index (κ1) is 18.7. The molecule has 4 rings (SSSR count). The Morgan fingerprint density at radius 3 is 2.52 bits per heavy atom. The van der Waals surface area contributed by atoms with Crippen LogP contribution in [0, 0.1) is 17.8 Å². The van der Waals surface area contributed by atoms with E-state index in [-0.39, 0.29) is 29.7 Å². The predicted octanol–water partition coefficient (Wildman–Crippen LogP) is 1.08. The van der Waals surface area contributed by atoms with E-state index in [0.29, 0.717) is 19.6 Å². The van der Waals surface area contributed by atoms with Crippen molar-refractivity contribution in [2.75, 3.05) is 37.3 Å². The number of nitrogens with zero attached hydrogens (tertiary/aromatic N) is 3. The molecule has 4 atom stereocenters. The predicted molar refractivity (Wildman–Crippen MR) is 104 cm³/mol. The molecule has 27 heavy (non-hydrogen) atoms. The Labute approximate surface area is 161 Å². The van der Waals surface area contributed by atoms with Gasteiger partial charge in [0.05, 0.1) is 12.2 Å². The largest absolute Gasteiger partial charge is 0.356 e. The van der Waals surface area contributed by atoms with Crippen LogP contribution >= 0.6 is 0 Å². The van der Waals surface area contributed by atoms with Gasteiger partial charge in [-0.3, -0.25) is 4.79 Å². The van der Waals surface area contributed by atoms with Gasteiger partial charge in [-0.15, -0.1) is 0 Å². The van der Waals surface area contributed by atoms with Gasteiger partial charge in [-0.05, 0) is 49.7 Å². The van der Waals surface area contributed by atoms with Crippen molar-refractivity contribution in [3.63, 3.8) is 0 Å². The van der Waals surface area contributed by atoms with Crippen molar-refractivity contribution in [1.82, 2.24) is 14.6 Å². The fourth-order valence-electron chi connectivity index (χ4n) is 4.91. The van der Waals surface area contributed by atoms with Crippen molar-refractivity contribution in [2.24, 2.45) is 17.8 Å². The first-order valence-electron chi connectivity index (χ1n) is 9.83. The van der Waals surface area contributed by atoms with Crippen molar-refractivity contribution in [3.8, 4) is 0 Å². The van der Waals surface area contributed by atoms with Crippen LogP contribution in [0.3, 0.4) is 0 Å². The van der Waals surface area contributed by atoms with E-state index in [4.69, 9.17) is 0 Å². The fraction of sp³-hybridized carbons (Fsp3) is 0.684. The number of aromatic nitrogens is 1. The fourth-order valence-corrected chi connectivity index (χ4v) is 5.83. The number of anilines is 1. The zero-order valence-electron chi connectivity index (χ0n) is 15.8. The van der Waals surface area contributed by atoms with Crippen molar-refractivity contribution in [1.29, 1.82) is 0 Å². The summed E-state index contributed by atoms with van der Waals surface area (Å²) >= 11 is 0. The second-order valence-electron chi connectivity index (χ2n) is 8.18. The number of carbonyl (C=O) groups is 1. The number of pyridine rings is 1. The molecule has 3 fully saturated rings. The molecular formula is C19H28N4O3S. The highest BCUT2D eigenvalue weighted by Gasteiger charge is 2.45. The van der Waals surface area contributed by atoms with Crippen LogP contribution < -0.4 is 10.2 Å². The normalized spacial score (nSPS) is 31.7. The molecule has 3 aliphatic rings. The van der Waals surface area contributed by atoms with Crippen molar-refractivity contribution in [2.45, 2.75) is 31.7 Å². The number of sulfonamides is 1. The van der Waals surface area contributed by atoms with Crippen LogP contribution in [0.2, 0.25) is 0 Å². The Morgan fingerprint density at radius 1 is 1.15 bits per heavy atom. The minimum atomic E-state index is -3.15. The van der Waals surface area contributed by atoms with Gasteiger partial charge in [-0.1, -0.05) is 6.07 Å². The molecule has 2 unspecified atom stereocenters. The zero-order chi connectivity index (χ0) is 19.0. The first-order valence-corrected chi connectivity index (χ1v) is 11.7. The summed E-state index contributed by atoms with van der Waals surface area (Å²) in [5.74, 6) is 1.48. The molecule has 3 heterocycles. The van der Waals surface area contributed by atoms with Crippen LogP contribution in [0.1, 0.15) is 25.7 Å². The van der Waals surface area contributed by atoms with Crippen LogP contribution in [-0.4, -0.2) is 62.1 Å². The Hall–Kier alpha value is -1.67. The molecule has 1 N–H and O–H groups in total. The molecule has 0 aromatic carbocycles. The summed E-state index contributed by atoms with van der Waals surface area (Å²) in [4.78, 5) is 19.5. The van der Waals surface area contributed by atoms with E-state index in [1.807, 2.05) is 18.2 Å². The van der Waals surface area contributed by atoms with Crippen LogP contribution in [0.4, 0.5) is 5.82 Å². The van der Waals surface area contributed by atoms with Gasteiger partial charge in [-0.25, -0.2) is 17.7 Å². The molecule has 7 nitrogen and oxygen atoms in total. The number of hydrogen-bond acceptors (Lipinski definition) is 5. The molecular weight excluding hydrogens is 364 g/mol. The minimum Gasteiger partial charge on any atom is -0.356 e. The third-order valence-corrected chi connectivity index (χ3v) is 7.58. The molecule has 8 heteroatoms. The quantitative estimate of drug-likeness (QED) is 0.829. The average Bonchev–Trinajstić information content (AvgIpc) is 2.89. The number of rotatable bonds is 4. The highest BCUT2D eigenvalue weighted by atomic mass is 32.2. The maximum atomic E-state index is 13.0. The number of fused-ring (bicyclic) bond motifs is 2. The maximum Gasteiger partial charge on any atom is 0.225 e. The molecule has 2 bridgehead atoms. The Balaban J connectivity index is 1.38. The lowest BCUT2D eigenvalue weighted by atomic mass is 9.91. The molecule has 2 aliphatic heterocycles. The molecule has 148 valence electrons. The van der Waals surface area contributed by atoms with Crippen molar-refractivity contribution >= 4 is 21.7 Å². The molecule has 1 saturated carbocycles. The summed E-state index contributed by atoms with van der Waals surface area (Å²) < 4.78 is 25.3. The van der Waals surface area contributed by atoms with Crippen LogP contribution in [-0.2, 0) is 14.8 Å². The summed E-state index contributed by atoms with van der Waals surface area (Å²) in [6.07, 6.45) is 6.92. The van der Waals surface area contributed by atoms with E-state index >= 15 is 0 Å². The van der Waals surface area contributed by atoms with Crippen molar-refractivity contribution in [3.05, 3.63) is 24.4 Å². The number of amides is 1. The molecule has 0 radical (unpaired) electrons. The van der Waals surface area contributed by atoms with Gasteiger partial charge >= 0.3 is 0 Å². The summed E-state index contributed by atoms with van der Waals surface area (Å²) in [7, 11) is -3.15. The average molecular weight is 393 g/mol. The third-order valence-electron chi connectivity index (χ3n) is 6.34. The second kappa shape index (κ2) is 7.39. The van der Waals surface area contributed by atoms with Gasteiger partial charge in [-0.2, -0.15) is 0 Å². The summed E-state index contributed by atoms with van der Waals surface area (Å²) in [6, 6.07) is 5.97. The molecule has 0 spiro atoms. The number of piperidine rings is 2. The standard InChI is InChI=1S/C19H28N4O3S/c1-27(25,26)23-12-14-7-8-15(13-23)18(14)21-19(24)16-5-4-10-22(11-16)17-6-2-3-9-20-17/h2-3,6,9,14-16,18H,4-5,7-8,10-13H2,1H3,(H,21,24)/t14-,15+,16?,18?. The summed E-state index contributed by atoms with van der Waals surface area (Å²) in [5.41, 5.74) is 0. The van der Waals surface area contributed by atoms with Crippen LogP contribution in [0.5, 0.6) is 0 Å². The van der Waals surface area contributed by atoms with Gasteiger partial charge in [0.1, 0.15) is 5.82 Å². The maximum absolute atomic E-state index is 13.0. The van der Waals surface area contributed by atoms with Gasteiger partial charge < -0.3 is 10.2 Å².